The van der Waals surface area contributed by atoms with Crippen molar-refractivity contribution in [3.63, 3.8) is 0 Å². The summed E-state index contributed by atoms with van der Waals surface area (Å²) in [6.07, 6.45) is 2.01. The number of aromatic amines is 1. The third-order valence-electron chi connectivity index (χ3n) is 3.53. The minimum atomic E-state index is -1.37. The number of benzene rings is 1. The normalized spacial score (nSPS) is 12.2. The Hall–Kier alpha value is -2.54. The molecule has 0 amide bonds. The largest absolute Gasteiger partial charge is 0.495 e. The highest BCUT2D eigenvalue weighted by Gasteiger charge is 2.14. The van der Waals surface area contributed by atoms with E-state index in [4.69, 9.17) is 4.74 Å². The van der Waals surface area contributed by atoms with Crippen molar-refractivity contribution in [2.75, 3.05) is 7.11 Å². The topological polar surface area (TPSA) is 84.9 Å². The molecule has 7 heteroatoms. The summed E-state index contributed by atoms with van der Waals surface area (Å²) < 4.78 is 17.8. The van der Waals surface area contributed by atoms with Crippen LogP contribution in [-0.4, -0.2) is 32.1 Å². The van der Waals surface area contributed by atoms with Crippen molar-refractivity contribution in [2.45, 2.75) is 24.3 Å². The van der Waals surface area contributed by atoms with Gasteiger partial charge in [-0.3, -0.25) is 14.0 Å². The smallest absolute Gasteiger partial charge is 0.197 e. The summed E-state index contributed by atoms with van der Waals surface area (Å²) in [6.45, 7) is 1.55. The van der Waals surface area contributed by atoms with E-state index >= 15 is 0 Å². The fraction of sp³-hybridized carbons (Fsp3) is 0.235. The number of imidazole rings is 1. The van der Waals surface area contributed by atoms with Gasteiger partial charge in [0.2, 0.25) is 0 Å². The van der Waals surface area contributed by atoms with Gasteiger partial charge in [0, 0.05) is 12.6 Å². The van der Waals surface area contributed by atoms with Gasteiger partial charge in [-0.15, -0.1) is 0 Å². The van der Waals surface area contributed by atoms with E-state index in [2.05, 4.69) is 15.0 Å². The highest BCUT2D eigenvalue weighted by atomic mass is 32.2. The molecule has 1 N–H and O–H groups in total. The third-order valence-corrected chi connectivity index (χ3v) is 4.69. The van der Waals surface area contributed by atoms with E-state index in [1.54, 1.807) is 32.4 Å². The summed E-state index contributed by atoms with van der Waals surface area (Å²) >= 11 is 0. The molecule has 24 heavy (non-hydrogen) atoms. The molecule has 2 heterocycles. The molecule has 0 aliphatic carbocycles. The molecule has 0 fully saturated rings. The minimum Gasteiger partial charge on any atom is -0.495 e. The third kappa shape index (κ3) is 3.51. The van der Waals surface area contributed by atoms with Gasteiger partial charge in [-0.25, -0.2) is 4.98 Å². The number of carbonyl (C=O) groups is 1. The zero-order chi connectivity index (χ0) is 17.1. The van der Waals surface area contributed by atoms with Crippen LogP contribution in [0.25, 0.3) is 11.0 Å². The molecule has 0 spiro atoms. The first-order valence-electron chi connectivity index (χ1n) is 7.41. The fourth-order valence-electron chi connectivity index (χ4n) is 2.45. The molecule has 0 aliphatic rings. The number of Topliss-reactive ketones (excluding diaryl/α,β-unsaturated/α-hetero) is 1. The van der Waals surface area contributed by atoms with Crippen LogP contribution in [0.15, 0.2) is 41.7 Å². The molecule has 0 bridgehead atoms. The standard InChI is InChI=1S/C17H17N3O3S/c1-11(21)8-12-5-6-13-14(9-12)20-17(19-13)24(22)10-15-16(23-2)4-3-7-18-15/h3-7,9H,8,10H2,1-2H3,(H,19,20). The molecule has 2 aromatic heterocycles. The Morgan fingerprint density at radius 2 is 2.17 bits per heavy atom. The first-order valence-corrected chi connectivity index (χ1v) is 8.73. The van der Waals surface area contributed by atoms with Crippen LogP contribution in [0.2, 0.25) is 0 Å². The summed E-state index contributed by atoms with van der Waals surface area (Å²) in [5.74, 6) is 0.912. The maximum absolute atomic E-state index is 12.6. The molecule has 3 aromatic rings. The first kappa shape index (κ1) is 16.3. The van der Waals surface area contributed by atoms with Gasteiger partial charge in [-0.1, -0.05) is 6.07 Å². The number of ketones is 1. The summed E-state index contributed by atoms with van der Waals surface area (Å²) in [7, 11) is 0.184. The molecule has 1 atom stereocenters. The second-order valence-electron chi connectivity index (χ2n) is 5.41. The van der Waals surface area contributed by atoms with Gasteiger partial charge in [0.25, 0.3) is 0 Å². The van der Waals surface area contributed by atoms with Crippen molar-refractivity contribution < 1.29 is 13.7 Å². The lowest BCUT2D eigenvalue weighted by Crippen LogP contribution is -2.02. The van der Waals surface area contributed by atoms with E-state index in [9.17, 15) is 9.00 Å². The molecule has 0 saturated carbocycles. The summed E-state index contributed by atoms with van der Waals surface area (Å²) in [5.41, 5.74) is 3.02. The number of H-pyrrole nitrogens is 1. The molecular formula is C17H17N3O3S. The predicted octanol–water partition coefficient (Wildman–Crippen LogP) is 2.41. The average molecular weight is 343 g/mol. The summed E-state index contributed by atoms with van der Waals surface area (Å²) in [5, 5.41) is 0.387. The van der Waals surface area contributed by atoms with Gasteiger partial charge >= 0.3 is 0 Å². The molecular weight excluding hydrogens is 326 g/mol. The lowest BCUT2D eigenvalue weighted by atomic mass is 10.1. The number of nitrogens with zero attached hydrogens (tertiary/aromatic N) is 2. The van der Waals surface area contributed by atoms with Crippen molar-refractivity contribution in [3.05, 3.63) is 47.8 Å². The Labute approximate surface area is 141 Å². The highest BCUT2D eigenvalue weighted by Crippen LogP contribution is 2.20. The quantitative estimate of drug-likeness (QED) is 0.743. The van der Waals surface area contributed by atoms with Crippen LogP contribution in [-0.2, 0) is 27.8 Å². The molecule has 124 valence electrons. The van der Waals surface area contributed by atoms with E-state index in [1.807, 2.05) is 18.2 Å². The van der Waals surface area contributed by atoms with Crippen molar-refractivity contribution in [3.8, 4) is 5.75 Å². The maximum Gasteiger partial charge on any atom is 0.197 e. The van der Waals surface area contributed by atoms with E-state index in [0.29, 0.717) is 23.0 Å². The zero-order valence-corrected chi connectivity index (χ0v) is 14.2. The van der Waals surface area contributed by atoms with Crippen molar-refractivity contribution in [1.82, 2.24) is 15.0 Å². The van der Waals surface area contributed by atoms with Gasteiger partial charge in [0.15, 0.2) is 5.16 Å². The maximum atomic E-state index is 12.6. The number of nitrogens with one attached hydrogen (secondary N) is 1. The second-order valence-corrected chi connectivity index (χ2v) is 6.78. The molecule has 1 unspecified atom stereocenters. The van der Waals surface area contributed by atoms with Crippen LogP contribution in [0.1, 0.15) is 18.2 Å². The number of fused-ring (bicyclic) bond motifs is 1. The van der Waals surface area contributed by atoms with Gasteiger partial charge in [-0.2, -0.15) is 0 Å². The van der Waals surface area contributed by atoms with Crippen molar-refractivity contribution in [2.24, 2.45) is 0 Å². The van der Waals surface area contributed by atoms with Gasteiger partial charge in [0.05, 0.1) is 40.4 Å². The lowest BCUT2D eigenvalue weighted by molar-refractivity contribution is -0.116. The van der Waals surface area contributed by atoms with Crippen LogP contribution in [0.5, 0.6) is 5.75 Å². The molecule has 0 radical (unpaired) electrons. The molecule has 6 nitrogen and oxygen atoms in total. The number of hydrogen-bond acceptors (Lipinski definition) is 5. The van der Waals surface area contributed by atoms with Gasteiger partial charge in [0.1, 0.15) is 11.5 Å². The number of rotatable bonds is 6. The van der Waals surface area contributed by atoms with Crippen LogP contribution in [0.3, 0.4) is 0 Å². The molecule has 3 rings (SSSR count). The second kappa shape index (κ2) is 6.92. The highest BCUT2D eigenvalue weighted by molar-refractivity contribution is 7.84. The van der Waals surface area contributed by atoms with Crippen LogP contribution >= 0.6 is 0 Å². The Morgan fingerprint density at radius 3 is 2.92 bits per heavy atom. The monoisotopic (exact) mass is 343 g/mol. The zero-order valence-electron chi connectivity index (χ0n) is 13.4. The number of pyridine rings is 1. The van der Waals surface area contributed by atoms with Crippen molar-refractivity contribution >= 4 is 27.6 Å². The first-order chi connectivity index (χ1) is 11.6. The number of carbonyl (C=O) groups excluding carboxylic acids is 1. The van der Waals surface area contributed by atoms with E-state index in [1.165, 1.54) is 0 Å². The van der Waals surface area contributed by atoms with E-state index < -0.39 is 10.8 Å². The van der Waals surface area contributed by atoms with E-state index in [0.717, 1.165) is 16.6 Å². The van der Waals surface area contributed by atoms with Crippen LogP contribution < -0.4 is 4.74 Å². The SMILES string of the molecule is COc1cccnc1CS(=O)c1nc2ccc(CC(C)=O)cc2[nH]1. The number of methoxy groups -OCH3 is 1. The molecule has 0 aliphatic heterocycles. The van der Waals surface area contributed by atoms with Gasteiger partial charge in [-0.05, 0) is 36.8 Å². The van der Waals surface area contributed by atoms with E-state index in [-0.39, 0.29) is 11.5 Å². The Balaban J connectivity index is 1.86. The number of ether oxygens (including phenoxy) is 1. The fourth-order valence-corrected chi connectivity index (χ4v) is 3.47. The Morgan fingerprint density at radius 1 is 1.33 bits per heavy atom. The Kier molecular flexibility index (Phi) is 4.71. The summed E-state index contributed by atoms with van der Waals surface area (Å²) in [6, 6.07) is 9.10. The van der Waals surface area contributed by atoms with Crippen LogP contribution in [0.4, 0.5) is 0 Å². The minimum absolute atomic E-state index is 0.0971. The van der Waals surface area contributed by atoms with Gasteiger partial charge < -0.3 is 9.72 Å². The Bertz CT molecular complexity index is 920. The summed E-state index contributed by atoms with van der Waals surface area (Å²) in [4.78, 5) is 22.9. The van der Waals surface area contributed by atoms with Crippen LogP contribution in [0, 0.1) is 0 Å². The molecule has 0 saturated heterocycles. The average Bonchev–Trinajstić information content (AvgIpc) is 2.98. The molecule has 1 aromatic carbocycles. The lowest BCUT2D eigenvalue weighted by Gasteiger charge is -2.05. The van der Waals surface area contributed by atoms with Crippen molar-refractivity contribution in [1.29, 1.82) is 0 Å². The number of aromatic nitrogens is 3. The predicted molar refractivity (Wildman–Crippen MR) is 91.4 cm³/mol. The number of hydrogen-bond donors (Lipinski definition) is 1.